The minimum absolute atomic E-state index is 0.122. The molecule has 1 aromatic heterocycles. The minimum Gasteiger partial charge on any atom is -0.338 e. The molecule has 2 N–H and O–H groups in total. The second-order valence-electron chi connectivity index (χ2n) is 5.97. The predicted octanol–water partition coefficient (Wildman–Crippen LogP) is 2.63. The first-order chi connectivity index (χ1) is 7.40. The molecular formula is C12H21N3O. The van der Waals surface area contributed by atoms with Gasteiger partial charge in [-0.05, 0) is 24.2 Å². The highest BCUT2D eigenvalue weighted by Crippen LogP contribution is 2.57. The molecule has 1 aliphatic rings. The van der Waals surface area contributed by atoms with E-state index in [0.717, 1.165) is 18.7 Å². The van der Waals surface area contributed by atoms with Crippen LogP contribution in [0.15, 0.2) is 4.52 Å². The van der Waals surface area contributed by atoms with Crippen molar-refractivity contribution in [2.75, 3.05) is 0 Å². The van der Waals surface area contributed by atoms with E-state index in [1.807, 2.05) is 0 Å². The van der Waals surface area contributed by atoms with Gasteiger partial charge in [-0.3, -0.25) is 0 Å². The smallest absolute Gasteiger partial charge is 0.243 e. The average Bonchev–Trinajstić information content (AvgIpc) is 2.64. The van der Waals surface area contributed by atoms with E-state index in [2.05, 4.69) is 37.8 Å². The molecular weight excluding hydrogens is 202 g/mol. The van der Waals surface area contributed by atoms with Crippen LogP contribution in [0.5, 0.6) is 0 Å². The molecule has 1 aliphatic carbocycles. The minimum atomic E-state index is -0.122. The standard InChI is InChI=1S/C12H21N3O/c1-7(2)5-9(13)11-14-10(15-16-11)8-6-12(8,3)4/h7-9H,5-6,13H2,1-4H3. The monoisotopic (exact) mass is 223 g/mol. The Bertz CT molecular complexity index is 370. The van der Waals surface area contributed by atoms with Crippen molar-refractivity contribution >= 4 is 0 Å². The van der Waals surface area contributed by atoms with Gasteiger partial charge in [-0.25, -0.2) is 0 Å². The van der Waals surface area contributed by atoms with Crippen LogP contribution in [0.2, 0.25) is 0 Å². The quantitative estimate of drug-likeness (QED) is 0.852. The molecule has 1 saturated carbocycles. The maximum atomic E-state index is 6.00. The van der Waals surface area contributed by atoms with Crippen LogP contribution >= 0.6 is 0 Å². The van der Waals surface area contributed by atoms with E-state index in [1.54, 1.807) is 0 Å². The molecule has 2 rings (SSSR count). The zero-order valence-electron chi connectivity index (χ0n) is 10.5. The maximum absolute atomic E-state index is 6.00. The lowest BCUT2D eigenvalue weighted by molar-refractivity contribution is 0.332. The summed E-state index contributed by atoms with van der Waals surface area (Å²) in [7, 11) is 0. The Morgan fingerprint density at radius 3 is 2.62 bits per heavy atom. The van der Waals surface area contributed by atoms with E-state index in [-0.39, 0.29) is 6.04 Å². The van der Waals surface area contributed by atoms with Crippen LogP contribution in [-0.2, 0) is 0 Å². The Hall–Kier alpha value is -0.900. The first-order valence-corrected chi connectivity index (χ1v) is 5.99. The second-order valence-corrected chi connectivity index (χ2v) is 5.97. The predicted molar refractivity (Wildman–Crippen MR) is 61.8 cm³/mol. The lowest BCUT2D eigenvalue weighted by Gasteiger charge is -2.08. The summed E-state index contributed by atoms with van der Waals surface area (Å²) in [6.45, 7) is 8.73. The summed E-state index contributed by atoms with van der Waals surface area (Å²) in [5.74, 6) is 2.42. The van der Waals surface area contributed by atoms with E-state index in [1.165, 1.54) is 0 Å². The highest BCUT2D eigenvalue weighted by molar-refractivity contribution is 5.14. The summed E-state index contributed by atoms with van der Waals surface area (Å²) < 4.78 is 5.24. The molecule has 0 bridgehead atoms. The van der Waals surface area contributed by atoms with Crippen LogP contribution < -0.4 is 5.73 Å². The first kappa shape index (κ1) is 11.6. The van der Waals surface area contributed by atoms with Crippen molar-refractivity contribution in [3.8, 4) is 0 Å². The molecule has 90 valence electrons. The molecule has 0 amide bonds. The molecule has 1 heterocycles. The van der Waals surface area contributed by atoms with Crippen molar-refractivity contribution in [3.63, 3.8) is 0 Å². The Balaban J connectivity index is 2.03. The van der Waals surface area contributed by atoms with Gasteiger partial charge in [-0.15, -0.1) is 0 Å². The number of aromatic nitrogens is 2. The van der Waals surface area contributed by atoms with Crippen molar-refractivity contribution in [3.05, 3.63) is 11.7 Å². The van der Waals surface area contributed by atoms with E-state index in [4.69, 9.17) is 10.3 Å². The molecule has 2 atom stereocenters. The molecule has 2 unspecified atom stereocenters. The summed E-state index contributed by atoms with van der Waals surface area (Å²) in [6.07, 6.45) is 2.03. The zero-order valence-corrected chi connectivity index (χ0v) is 10.5. The van der Waals surface area contributed by atoms with Gasteiger partial charge in [0.05, 0.1) is 6.04 Å². The van der Waals surface area contributed by atoms with Crippen molar-refractivity contribution in [2.45, 2.75) is 52.5 Å². The summed E-state index contributed by atoms with van der Waals surface area (Å²) in [5.41, 5.74) is 6.34. The Morgan fingerprint density at radius 2 is 2.12 bits per heavy atom. The summed E-state index contributed by atoms with van der Waals surface area (Å²) in [5, 5.41) is 4.04. The molecule has 4 nitrogen and oxygen atoms in total. The number of nitrogens with two attached hydrogens (primary N) is 1. The fraction of sp³-hybridized carbons (Fsp3) is 0.833. The molecule has 0 saturated heterocycles. The topological polar surface area (TPSA) is 64.9 Å². The fourth-order valence-corrected chi connectivity index (χ4v) is 2.06. The second kappa shape index (κ2) is 3.84. The zero-order chi connectivity index (χ0) is 11.9. The number of hydrogen-bond acceptors (Lipinski definition) is 4. The summed E-state index contributed by atoms with van der Waals surface area (Å²) in [4.78, 5) is 4.42. The highest BCUT2D eigenvalue weighted by Gasteiger charge is 2.49. The SMILES string of the molecule is CC(C)CC(N)c1nc(C2CC2(C)C)no1. The van der Waals surface area contributed by atoms with E-state index >= 15 is 0 Å². The van der Waals surface area contributed by atoms with Gasteiger partial charge in [0.15, 0.2) is 5.82 Å². The van der Waals surface area contributed by atoms with Crippen molar-refractivity contribution in [2.24, 2.45) is 17.1 Å². The van der Waals surface area contributed by atoms with Gasteiger partial charge >= 0.3 is 0 Å². The third kappa shape index (κ3) is 2.26. The molecule has 0 spiro atoms. The normalized spacial score (nSPS) is 24.8. The number of hydrogen-bond donors (Lipinski definition) is 1. The van der Waals surface area contributed by atoms with Crippen molar-refractivity contribution in [1.82, 2.24) is 10.1 Å². The Morgan fingerprint density at radius 1 is 1.50 bits per heavy atom. The molecule has 16 heavy (non-hydrogen) atoms. The molecule has 1 aromatic rings. The summed E-state index contributed by atoms with van der Waals surface area (Å²) in [6, 6.07) is -0.122. The van der Waals surface area contributed by atoms with Gasteiger partial charge in [-0.2, -0.15) is 4.98 Å². The van der Waals surface area contributed by atoms with Crippen molar-refractivity contribution in [1.29, 1.82) is 0 Å². The lowest BCUT2D eigenvalue weighted by atomic mass is 10.0. The van der Waals surface area contributed by atoms with Crippen LogP contribution in [0.4, 0.5) is 0 Å². The van der Waals surface area contributed by atoms with Gasteiger partial charge in [0.2, 0.25) is 5.89 Å². The van der Waals surface area contributed by atoms with Gasteiger partial charge in [0.1, 0.15) is 0 Å². The van der Waals surface area contributed by atoms with Gasteiger partial charge in [-0.1, -0.05) is 32.9 Å². The molecule has 0 aromatic carbocycles. The van der Waals surface area contributed by atoms with Crippen molar-refractivity contribution < 1.29 is 4.52 Å². The van der Waals surface area contributed by atoms with Crippen LogP contribution in [0, 0.1) is 11.3 Å². The van der Waals surface area contributed by atoms with Gasteiger partial charge in [0, 0.05) is 5.92 Å². The van der Waals surface area contributed by atoms with Crippen LogP contribution in [0.3, 0.4) is 0 Å². The van der Waals surface area contributed by atoms with E-state index in [9.17, 15) is 0 Å². The number of rotatable bonds is 4. The maximum Gasteiger partial charge on any atom is 0.243 e. The van der Waals surface area contributed by atoms with Gasteiger partial charge in [0.25, 0.3) is 0 Å². The largest absolute Gasteiger partial charge is 0.338 e. The van der Waals surface area contributed by atoms with Crippen LogP contribution in [0.25, 0.3) is 0 Å². The third-order valence-corrected chi connectivity index (χ3v) is 3.33. The highest BCUT2D eigenvalue weighted by atomic mass is 16.5. The van der Waals surface area contributed by atoms with E-state index in [0.29, 0.717) is 23.1 Å². The molecule has 0 aliphatic heterocycles. The third-order valence-electron chi connectivity index (χ3n) is 3.33. The lowest BCUT2D eigenvalue weighted by Crippen LogP contribution is -2.13. The summed E-state index contributed by atoms with van der Waals surface area (Å²) >= 11 is 0. The Kier molecular flexibility index (Phi) is 2.78. The molecule has 0 radical (unpaired) electrons. The van der Waals surface area contributed by atoms with Gasteiger partial charge < -0.3 is 10.3 Å². The van der Waals surface area contributed by atoms with Crippen LogP contribution in [-0.4, -0.2) is 10.1 Å². The first-order valence-electron chi connectivity index (χ1n) is 5.99. The Labute approximate surface area is 96.6 Å². The molecule has 4 heteroatoms. The number of nitrogens with zero attached hydrogens (tertiary/aromatic N) is 2. The fourth-order valence-electron chi connectivity index (χ4n) is 2.06. The molecule has 1 fully saturated rings. The van der Waals surface area contributed by atoms with E-state index < -0.39 is 0 Å². The van der Waals surface area contributed by atoms with Crippen LogP contribution in [0.1, 0.15) is 64.2 Å². The average molecular weight is 223 g/mol.